The third-order valence-corrected chi connectivity index (χ3v) is 4.21. The van der Waals surface area contributed by atoms with Gasteiger partial charge in [-0.1, -0.05) is 26.0 Å². The Balaban J connectivity index is 2.26. The predicted molar refractivity (Wildman–Crippen MR) is 84.0 cm³/mol. The maximum atomic E-state index is 12.7. The van der Waals surface area contributed by atoms with E-state index >= 15 is 0 Å². The van der Waals surface area contributed by atoms with E-state index in [0.29, 0.717) is 28.7 Å². The van der Waals surface area contributed by atoms with E-state index in [1.165, 1.54) is 4.57 Å². The fourth-order valence-corrected chi connectivity index (χ4v) is 2.59. The number of nitrogens with zero attached hydrogens (tertiary/aromatic N) is 2. The van der Waals surface area contributed by atoms with Crippen molar-refractivity contribution in [2.75, 3.05) is 0 Å². The van der Waals surface area contributed by atoms with Crippen molar-refractivity contribution in [2.24, 2.45) is 5.92 Å². The van der Waals surface area contributed by atoms with Gasteiger partial charge in [-0.3, -0.25) is 4.79 Å². The molecule has 0 radical (unpaired) electrons. The lowest BCUT2D eigenvalue weighted by atomic mass is 10.1. The molecule has 1 aromatic heterocycles. The SMILES string of the molecule is CC(C)C(C)NC(=O)Cn1c(SC(F)F)nc2ccccc21. The van der Waals surface area contributed by atoms with Gasteiger partial charge in [0.1, 0.15) is 6.54 Å². The number of carbonyl (C=O) groups is 1. The van der Waals surface area contributed by atoms with Crippen molar-refractivity contribution in [3.05, 3.63) is 24.3 Å². The molecule has 0 aliphatic rings. The van der Waals surface area contributed by atoms with Crippen molar-refractivity contribution in [3.8, 4) is 0 Å². The summed E-state index contributed by atoms with van der Waals surface area (Å²) in [5, 5.41) is 3.03. The third-order valence-electron chi connectivity index (χ3n) is 3.50. The predicted octanol–water partition coefficient (Wildman–Crippen LogP) is 3.51. The summed E-state index contributed by atoms with van der Waals surface area (Å²) >= 11 is 0.356. The first kappa shape index (κ1) is 16.7. The summed E-state index contributed by atoms with van der Waals surface area (Å²) in [6.07, 6.45) is 0. The van der Waals surface area contributed by atoms with Crippen LogP contribution in [0.1, 0.15) is 20.8 Å². The minimum atomic E-state index is -2.58. The van der Waals surface area contributed by atoms with Crippen LogP contribution in [0.25, 0.3) is 11.0 Å². The molecule has 0 bridgehead atoms. The van der Waals surface area contributed by atoms with Crippen LogP contribution < -0.4 is 5.32 Å². The van der Waals surface area contributed by atoms with Gasteiger partial charge in [-0.15, -0.1) is 0 Å². The van der Waals surface area contributed by atoms with Crippen molar-refractivity contribution in [1.29, 1.82) is 0 Å². The maximum absolute atomic E-state index is 12.7. The number of rotatable bonds is 6. The summed E-state index contributed by atoms with van der Waals surface area (Å²) in [5.74, 6) is -2.48. The monoisotopic (exact) mass is 327 g/mol. The summed E-state index contributed by atoms with van der Waals surface area (Å²) in [7, 11) is 0. The molecule has 2 aromatic rings. The number of carbonyl (C=O) groups excluding carboxylic acids is 1. The first-order valence-electron chi connectivity index (χ1n) is 7.08. The highest BCUT2D eigenvalue weighted by Gasteiger charge is 2.18. The van der Waals surface area contributed by atoms with Crippen LogP contribution in [0.4, 0.5) is 8.78 Å². The van der Waals surface area contributed by atoms with Crippen LogP contribution in [0.5, 0.6) is 0 Å². The normalized spacial score (nSPS) is 13.0. The van der Waals surface area contributed by atoms with E-state index in [2.05, 4.69) is 10.3 Å². The first-order valence-corrected chi connectivity index (χ1v) is 7.96. The molecule has 0 saturated carbocycles. The quantitative estimate of drug-likeness (QED) is 0.826. The van der Waals surface area contributed by atoms with Gasteiger partial charge >= 0.3 is 0 Å². The molecule has 4 nitrogen and oxygen atoms in total. The molecule has 0 saturated heterocycles. The first-order chi connectivity index (χ1) is 10.4. The van der Waals surface area contributed by atoms with Gasteiger partial charge in [0, 0.05) is 6.04 Å². The van der Waals surface area contributed by atoms with Crippen molar-refractivity contribution < 1.29 is 13.6 Å². The molecule has 1 amide bonds. The number of alkyl halides is 2. The van der Waals surface area contributed by atoms with Crippen LogP contribution in [-0.2, 0) is 11.3 Å². The van der Waals surface area contributed by atoms with Crippen molar-refractivity contribution >= 4 is 28.7 Å². The molecule has 7 heteroatoms. The maximum Gasteiger partial charge on any atom is 0.291 e. The fourth-order valence-electron chi connectivity index (χ4n) is 1.99. The molecule has 120 valence electrons. The third kappa shape index (κ3) is 3.97. The lowest BCUT2D eigenvalue weighted by Crippen LogP contribution is -2.38. The Bertz CT molecular complexity index is 657. The van der Waals surface area contributed by atoms with Crippen LogP contribution in [0.3, 0.4) is 0 Å². The highest BCUT2D eigenvalue weighted by Crippen LogP contribution is 2.28. The smallest absolute Gasteiger partial charge is 0.291 e. The Kier molecular flexibility index (Phi) is 5.39. The minimum Gasteiger partial charge on any atom is -0.352 e. The second kappa shape index (κ2) is 7.09. The number of hydrogen-bond donors (Lipinski definition) is 1. The molecule has 1 unspecified atom stereocenters. The summed E-state index contributed by atoms with van der Waals surface area (Å²) < 4.78 is 26.9. The molecule has 1 N–H and O–H groups in total. The average molecular weight is 327 g/mol. The zero-order chi connectivity index (χ0) is 16.3. The number of thioether (sulfide) groups is 1. The standard InChI is InChI=1S/C15H19F2N3OS/c1-9(2)10(3)18-13(21)8-20-12-7-5-4-6-11(12)19-15(20)22-14(16)17/h4-7,9-10,14H,8H2,1-3H3,(H,18,21). The number of fused-ring (bicyclic) bond motifs is 1. The summed E-state index contributed by atoms with van der Waals surface area (Å²) in [6.45, 7) is 5.92. The molecule has 0 aliphatic carbocycles. The van der Waals surface area contributed by atoms with E-state index in [0.717, 1.165) is 0 Å². The molecule has 0 aliphatic heterocycles. The molecule has 2 rings (SSSR count). The summed E-state index contributed by atoms with van der Waals surface area (Å²) in [4.78, 5) is 16.3. The largest absolute Gasteiger partial charge is 0.352 e. The van der Waals surface area contributed by atoms with Gasteiger partial charge in [0.2, 0.25) is 5.91 Å². The lowest BCUT2D eigenvalue weighted by molar-refractivity contribution is -0.122. The lowest BCUT2D eigenvalue weighted by Gasteiger charge is -2.18. The van der Waals surface area contributed by atoms with E-state index in [-0.39, 0.29) is 23.7 Å². The molecule has 0 fully saturated rings. The van der Waals surface area contributed by atoms with Gasteiger partial charge in [-0.05, 0) is 36.7 Å². The van der Waals surface area contributed by atoms with Crippen molar-refractivity contribution in [1.82, 2.24) is 14.9 Å². The zero-order valence-electron chi connectivity index (χ0n) is 12.7. The average Bonchev–Trinajstić information content (AvgIpc) is 2.76. The Morgan fingerprint density at radius 3 is 2.64 bits per heavy atom. The number of amides is 1. The van der Waals surface area contributed by atoms with E-state index in [1.807, 2.05) is 20.8 Å². The Morgan fingerprint density at radius 1 is 1.32 bits per heavy atom. The fraction of sp³-hybridized carbons (Fsp3) is 0.467. The number of benzene rings is 1. The molecule has 1 heterocycles. The molecule has 1 atom stereocenters. The van der Waals surface area contributed by atoms with Gasteiger partial charge in [0.15, 0.2) is 5.16 Å². The molecule has 0 spiro atoms. The number of nitrogens with one attached hydrogen (secondary N) is 1. The Morgan fingerprint density at radius 2 is 2.00 bits per heavy atom. The molecular weight excluding hydrogens is 308 g/mol. The second-order valence-corrected chi connectivity index (χ2v) is 6.41. The zero-order valence-corrected chi connectivity index (χ0v) is 13.5. The summed E-state index contributed by atoms with van der Waals surface area (Å²) in [5.41, 5.74) is 1.29. The van der Waals surface area contributed by atoms with E-state index < -0.39 is 5.76 Å². The highest BCUT2D eigenvalue weighted by atomic mass is 32.2. The highest BCUT2D eigenvalue weighted by molar-refractivity contribution is 7.99. The Labute approximate surface area is 132 Å². The van der Waals surface area contributed by atoms with E-state index in [4.69, 9.17) is 0 Å². The molecular formula is C15H19F2N3OS. The van der Waals surface area contributed by atoms with E-state index in [9.17, 15) is 13.6 Å². The minimum absolute atomic E-state index is 0.0212. The van der Waals surface area contributed by atoms with Gasteiger partial charge in [-0.25, -0.2) is 4.98 Å². The van der Waals surface area contributed by atoms with Crippen LogP contribution in [0.15, 0.2) is 29.4 Å². The Hall–Kier alpha value is -1.63. The number of hydrogen-bond acceptors (Lipinski definition) is 3. The number of imidazole rings is 1. The van der Waals surface area contributed by atoms with Gasteiger partial charge in [-0.2, -0.15) is 8.78 Å². The second-order valence-electron chi connectivity index (χ2n) is 5.45. The van der Waals surface area contributed by atoms with Gasteiger partial charge in [0.05, 0.1) is 11.0 Å². The molecule has 22 heavy (non-hydrogen) atoms. The van der Waals surface area contributed by atoms with Crippen LogP contribution in [0, 0.1) is 5.92 Å². The number of aromatic nitrogens is 2. The molecule has 1 aromatic carbocycles. The van der Waals surface area contributed by atoms with Gasteiger partial charge < -0.3 is 9.88 Å². The van der Waals surface area contributed by atoms with Crippen LogP contribution in [0.2, 0.25) is 0 Å². The number of halogens is 2. The van der Waals surface area contributed by atoms with Crippen LogP contribution in [-0.4, -0.2) is 27.3 Å². The van der Waals surface area contributed by atoms with Gasteiger partial charge in [0.25, 0.3) is 5.76 Å². The summed E-state index contributed by atoms with van der Waals surface area (Å²) in [6, 6.07) is 7.13. The van der Waals surface area contributed by atoms with Crippen molar-refractivity contribution in [2.45, 2.75) is 44.3 Å². The number of para-hydroxylation sites is 2. The van der Waals surface area contributed by atoms with E-state index in [1.54, 1.807) is 24.3 Å². The van der Waals surface area contributed by atoms with Crippen LogP contribution >= 0.6 is 11.8 Å². The topological polar surface area (TPSA) is 46.9 Å². The van der Waals surface area contributed by atoms with Crippen molar-refractivity contribution in [3.63, 3.8) is 0 Å².